The van der Waals surface area contributed by atoms with E-state index in [9.17, 15) is 4.79 Å². The zero-order valence-electron chi connectivity index (χ0n) is 16.2. The summed E-state index contributed by atoms with van der Waals surface area (Å²) in [4.78, 5) is 14.6. The van der Waals surface area contributed by atoms with Crippen molar-refractivity contribution in [2.75, 3.05) is 11.4 Å². The third kappa shape index (κ3) is 3.16. The molecule has 1 spiro atoms. The van der Waals surface area contributed by atoms with Crippen LogP contribution < -0.4 is 10.3 Å². The third-order valence-electron chi connectivity index (χ3n) is 5.59. The van der Waals surface area contributed by atoms with E-state index in [0.717, 1.165) is 33.9 Å². The molecule has 0 saturated carbocycles. The molecule has 1 amide bonds. The zero-order chi connectivity index (χ0) is 20.9. The average Bonchev–Trinajstić information content (AvgIpc) is 3.29. The van der Waals surface area contributed by atoms with Crippen molar-refractivity contribution in [2.45, 2.75) is 18.2 Å². The molecule has 2 aliphatic heterocycles. The second-order valence-electron chi connectivity index (χ2n) is 7.72. The van der Waals surface area contributed by atoms with Crippen LogP contribution in [0.2, 0.25) is 5.02 Å². The summed E-state index contributed by atoms with van der Waals surface area (Å²) in [5, 5.41) is 6.60. The normalized spacial score (nSPS) is 25.0. The van der Waals surface area contributed by atoms with Crippen molar-refractivity contribution in [3.63, 3.8) is 0 Å². The summed E-state index contributed by atoms with van der Waals surface area (Å²) in [6, 6.07) is 15.4. The topological polar surface area (TPSA) is 44.7 Å². The van der Waals surface area contributed by atoms with Gasteiger partial charge in [-0.05, 0) is 42.2 Å². The quantitative estimate of drug-likeness (QED) is 0.652. The molecule has 152 valence electrons. The van der Waals surface area contributed by atoms with E-state index in [1.165, 1.54) is 11.8 Å². The Balaban J connectivity index is 1.53. The molecule has 2 unspecified atom stereocenters. The molecule has 5 rings (SSSR count). The fourth-order valence-electron chi connectivity index (χ4n) is 4.08. The summed E-state index contributed by atoms with van der Waals surface area (Å²) in [5.41, 5.74) is 6.84. The van der Waals surface area contributed by atoms with E-state index in [1.54, 1.807) is 4.90 Å². The number of hydrazone groups is 1. The number of carbonyl (C=O) groups excluding carboxylic acids is 1. The summed E-state index contributed by atoms with van der Waals surface area (Å²) in [5.74, 6) is 0.337. The van der Waals surface area contributed by atoms with Gasteiger partial charge in [0.15, 0.2) is 0 Å². The molecule has 2 atom stereocenters. The number of thioether (sulfide) groups is 1. The first kappa shape index (κ1) is 19.7. The highest BCUT2D eigenvalue weighted by Gasteiger charge is 2.55. The van der Waals surface area contributed by atoms with Gasteiger partial charge in [-0.3, -0.25) is 10.2 Å². The zero-order valence-corrected chi connectivity index (χ0v) is 18.6. The number of amides is 1. The molecule has 1 aliphatic carbocycles. The van der Waals surface area contributed by atoms with E-state index in [0.29, 0.717) is 22.5 Å². The number of carbonyl (C=O) groups is 1. The Bertz CT molecular complexity index is 1130. The first-order valence-electron chi connectivity index (χ1n) is 9.75. The Morgan fingerprint density at radius 2 is 2.03 bits per heavy atom. The van der Waals surface area contributed by atoms with Gasteiger partial charge in [-0.25, -0.2) is 0 Å². The molecule has 0 bridgehead atoms. The van der Waals surface area contributed by atoms with Crippen LogP contribution in [0.15, 0.2) is 76.4 Å². The lowest BCUT2D eigenvalue weighted by molar-refractivity contribution is -0.120. The summed E-state index contributed by atoms with van der Waals surface area (Å²) in [6.07, 6.45) is 4.87. The average molecular weight is 456 g/mol. The summed E-state index contributed by atoms with van der Waals surface area (Å²) in [7, 11) is 0. The minimum atomic E-state index is -1.02. The van der Waals surface area contributed by atoms with Gasteiger partial charge in [0.2, 0.25) is 4.87 Å². The van der Waals surface area contributed by atoms with Crippen LogP contribution in [-0.2, 0) is 9.67 Å². The Kier molecular flexibility index (Phi) is 4.92. The molecule has 0 fully saturated rings. The maximum absolute atomic E-state index is 13.8. The van der Waals surface area contributed by atoms with Gasteiger partial charge in [-0.15, -0.1) is 0 Å². The first-order valence-corrected chi connectivity index (χ1v) is 11.3. The monoisotopic (exact) mass is 455 g/mol. The standard InChI is InChI=1S/C23H19Cl2N3OS/c1-14-7-9-19(25)16(11-14)13-28-20-10-8-17(24)12-18(20)23(22(28)29)27-26-21(30-23)15-5-3-2-4-6-15/h2-10,12,14,27H,11,13H2,1H3. The number of rotatable bonds is 3. The van der Waals surface area contributed by atoms with Crippen molar-refractivity contribution < 1.29 is 4.79 Å². The summed E-state index contributed by atoms with van der Waals surface area (Å²) >= 11 is 14.2. The molecule has 3 aliphatic rings. The summed E-state index contributed by atoms with van der Waals surface area (Å²) < 4.78 is 0. The number of allylic oxidation sites excluding steroid dienone is 3. The van der Waals surface area contributed by atoms with E-state index >= 15 is 0 Å². The van der Waals surface area contributed by atoms with Gasteiger partial charge in [0.25, 0.3) is 5.91 Å². The minimum absolute atomic E-state index is 0.0568. The molecule has 0 aromatic heterocycles. The lowest BCUT2D eigenvalue weighted by Gasteiger charge is -2.25. The van der Waals surface area contributed by atoms with Gasteiger partial charge in [0, 0.05) is 27.7 Å². The largest absolute Gasteiger partial charge is 0.305 e. The van der Waals surface area contributed by atoms with Crippen LogP contribution in [-0.4, -0.2) is 17.5 Å². The minimum Gasteiger partial charge on any atom is -0.305 e. The fraction of sp³-hybridized carbons (Fsp3) is 0.217. The first-order chi connectivity index (χ1) is 14.5. The van der Waals surface area contributed by atoms with Crippen LogP contribution in [0.25, 0.3) is 0 Å². The Morgan fingerprint density at radius 3 is 2.83 bits per heavy atom. The van der Waals surface area contributed by atoms with E-state index in [2.05, 4.69) is 23.5 Å². The van der Waals surface area contributed by atoms with E-state index in [1.807, 2.05) is 54.6 Å². The number of nitrogens with one attached hydrogen (secondary N) is 1. The summed E-state index contributed by atoms with van der Waals surface area (Å²) in [6.45, 7) is 2.60. The van der Waals surface area contributed by atoms with E-state index in [4.69, 9.17) is 23.2 Å². The fourth-order valence-corrected chi connectivity index (χ4v) is 5.66. The van der Waals surface area contributed by atoms with Crippen LogP contribution >= 0.6 is 35.0 Å². The van der Waals surface area contributed by atoms with Crippen molar-refractivity contribution in [1.29, 1.82) is 0 Å². The predicted octanol–water partition coefficient (Wildman–Crippen LogP) is 5.63. The van der Waals surface area contributed by atoms with Gasteiger partial charge in [-0.2, -0.15) is 5.10 Å². The highest BCUT2D eigenvalue weighted by atomic mass is 35.5. The molecule has 0 radical (unpaired) electrons. The molecule has 30 heavy (non-hydrogen) atoms. The van der Waals surface area contributed by atoms with E-state index in [-0.39, 0.29) is 5.91 Å². The van der Waals surface area contributed by atoms with Crippen LogP contribution in [0.1, 0.15) is 24.5 Å². The van der Waals surface area contributed by atoms with Crippen molar-refractivity contribution >= 4 is 51.6 Å². The molecular weight excluding hydrogens is 437 g/mol. The number of hydrogen-bond acceptors (Lipinski definition) is 4. The number of benzene rings is 2. The number of anilines is 1. The van der Waals surface area contributed by atoms with Gasteiger partial charge in [-0.1, -0.05) is 78.3 Å². The highest BCUT2D eigenvalue weighted by Crippen LogP contribution is 2.51. The molecule has 7 heteroatoms. The highest BCUT2D eigenvalue weighted by molar-refractivity contribution is 8.16. The van der Waals surface area contributed by atoms with Gasteiger partial charge >= 0.3 is 0 Å². The number of nitrogens with zero attached hydrogens (tertiary/aromatic N) is 2. The number of fused-ring (bicyclic) bond motifs is 2. The van der Waals surface area contributed by atoms with Crippen LogP contribution in [0.4, 0.5) is 5.69 Å². The SMILES string of the molecule is CC1C=CC(Cl)=C(CN2C(=O)C3(NN=C(c4ccccc4)S3)c3cc(Cl)ccc32)C1. The second-order valence-corrected chi connectivity index (χ2v) is 9.77. The van der Waals surface area contributed by atoms with Gasteiger partial charge in [0.05, 0.1) is 5.69 Å². The Hall–Kier alpha value is -2.21. The number of halogens is 2. The second kappa shape index (κ2) is 7.49. The van der Waals surface area contributed by atoms with Gasteiger partial charge < -0.3 is 4.90 Å². The molecule has 2 aromatic carbocycles. The lowest BCUT2D eigenvalue weighted by Crippen LogP contribution is -2.45. The van der Waals surface area contributed by atoms with Crippen LogP contribution in [0.3, 0.4) is 0 Å². The van der Waals surface area contributed by atoms with Crippen molar-refractivity contribution in [2.24, 2.45) is 11.0 Å². The molecule has 4 nitrogen and oxygen atoms in total. The molecule has 2 aromatic rings. The van der Waals surface area contributed by atoms with Crippen molar-refractivity contribution in [3.05, 3.63) is 87.4 Å². The maximum atomic E-state index is 13.8. The smallest absolute Gasteiger partial charge is 0.270 e. The van der Waals surface area contributed by atoms with E-state index < -0.39 is 4.87 Å². The third-order valence-corrected chi connectivity index (χ3v) is 7.53. The molecule has 0 saturated heterocycles. The lowest BCUT2D eigenvalue weighted by atomic mass is 9.95. The number of hydrogen-bond donors (Lipinski definition) is 1. The van der Waals surface area contributed by atoms with Crippen molar-refractivity contribution in [3.8, 4) is 0 Å². The Morgan fingerprint density at radius 1 is 1.23 bits per heavy atom. The van der Waals surface area contributed by atoms with Gasteiger partial charge in [0.1, 0.15) is 5.04 Å². The van der Waals surface area contributed by atoms with Crippen molar-refractivity contribution in [1.82, 2.24) is 5.43 Å². The maximum Gasteiger partial charge on any atom is 0.270 e. The molecule has 1 N–H and O–H groups in total. The molecule has 2 heterocycles. The molecular formula is C23H19Cl2N3OS. The van der Waals surface area contributed by atoms with Crippen LogP contribution in [0.5, 0.6) is 0 Å². The Labute approximate surface area is 189 Å². The predicted molar refractivity (Wildman–Crippen MR) is 125 cm³/mol. The van der Waals surface area contributed by atoms with Crippen LogP contribution in [0, 0.1) is 5.92 Å².